The highest BCUT2D eigenvalue weighted by molar-refractivity contribution is 7.17. The summed E-state index contributed by atoms with van der Waals surface area (Å²) >= 11 is 7.17. The summed E-state index contributed by atoms with van der Waals surface area (Å²) in [6.45, 7) is 2.11. The van der Waals surface area contributed by atoms with Crippen LogP contribution in [0.5, 0.6) is 0 Å². The van der Waals surface area contributed by atoms with Gasteiger partial charge >= 0.3 is 0 Å². The maximum atomic E-state index is 12.0. The number of nitrogens with one attached hydrogen (secondary N) is 1. The third-order valence-corrected chi connectivity index (χ3v) is 4.74. The van der Waals surface area contributed by atoms with Crippen LogP contribution in [0.2, 0.25) is 4.34 Å². The fraction of sp³-hybridized carbons (Fsp3) is 0.615. The normalized spacial score (nSPS) is 18.9. The zero-order valence-corrected chi connectivity index (χ0v) is 11.6. The lowest BCUT2D eigenvalue weighted by atomic mass is 9.84. The highest BCUT2D eigenvalue weighted by Gasteiger charge is 2.22. The molecule has 0 spiro atoms. The van der Waals surface area contributed by atoms with Crippen LogP contribution in [-0.4, -0.2) is 11.9 Å². The first-order valence-electron chi connectivity index (χ1n) is 6.23. The highest BCUT2D eigenvalue weighted by atomic mass is 35.5. The summed E-state index contributed by atoms with van der Waals surface area (Å²) in [7, 11) is 0. The van der Waals surface area contributed by atoms with Gasteiger partial charge in [0.05, 0.1) is 9.21 Å². The van der Waals surface area contributed by atoms with E-state index in [-0.39, 0.29) is 11.9 Å². The summed E-state index contributed by atoms with van der Waals surface area (Å²) < 4.78 is 0.667. The molecule has 1 aliphatic carbocycles. The third-order valence-electron chi connectivity index (χ3n) is 3.51. The Kier molecular flexibility index (Phi) is 4.46. The van der Waals surface area contributed by atoms with Crippen molar-refractivity contribution in [2.75, 3.05) is 0 Å². The van der Waals surface area contributed by atoms with Gasteiger partial charge in [-0.2, -0.15) is 0 Å². The summed E-state index contributed by atoms with van der Waals surface area (Å²) in [5.74, 6) is 0.656. The van der Waals surface area contributed by atoms with Gasteiger partial charge in [0.2, 0.25) is 0 Å². The molecule has 1 aromatic rings. The summed E-state index contributed by atoms with van der Waals surface area (Å²) in [5.41, 5.74) is 0. The van der Waals surface area contributed by atoms with Crippen molar-refractivity contribution >= 4 is 28.8 Å². The molecule has 1 aliphatic rings. The second-order valence-electron chi connectivity index (χ2n) is 4.76. The SMILES string of the molecule is CC(NC(=O)c1ccc(Cl)s1)C1CCCCC1. The summed E-state index contributed by atoms with van der Waals surface area (Å²) in [4.78, 5) is 12.7. The Hall–Kier alpha value is -0.540. The zero-order chi connectivity index (χ0) is 12.3. The van der Waals surface area contributed by atoms with Crippen molar-refractivity contribution in [3.8, 4) is 0 Å². The van der Waals surface area contributed by atoms with E-state index in [0.29, 0.717) is 15.1 Å². The molecule has 1 fully saturated rings. The lowest BCUT2D eigenvalue weighted by molar-refractivity contribution is 0.0923. The summed E-state index contributed by atoms with van der Waals surface area (Å²) in [5, 5.41) is 3.09. The van der Waals surface area contributed by atoms with Crippen molar-refractivity contribution in [2.24, 2.45) is 5.92 Å². The molecule has 2 nitrogen and oxygen atoms in total. The molecule has 1 aromatic heterocycles. The Balaban J connectivity index is 1.89. The van der Waals surface area contributed by atoms with Crippen LogP contribution >= 0.6 is 22.9 Å². The van der Waals surface area contributed by atoms with Crippen molar-refractivity contribution in [3.05, 3.63) is 21.3 Å². The molecule has 1 saturated carbocycles. The maximum Gasteiger partial charge on any atom is 0.261 e. The number of amides is 1. The van der Waals surface area contributed by atoms with Crippen molar-refractivity contribution < 1.29 is 4.79 Å². The van der Waals surface area contributed by atoms with E-state index in [2.05, 4.69) is 12.2 Å². The molecule has 17 heavy (non-hydrogen) atoms. The van der Waals surface area contributed by atoms with Gasteiger partial charge in [-0.25, -0.2) is 0 Å². The van der Waals surface area contributed by atoms with Gasteiger partial charge in [0.1, 0.15) is 0 Å². The number of carbonyl (C=O) groups is 1. The second-order valence-corrected chi connectivity index (χ2v) is 6.48. The molecular formula is C13H18ClNOS. The molecule has 1 unspecified atom stereocenters. The molecule has 2 rings (SSSR count). The molecule has 0 aliphatic heterocycles. The predicted octanol–water partition coefficient (Wildman–Crippen LogP) is 4.10. The zero-order valence-electron chi connectivity index (χ0n) is 10.0. The Morgan fingerprint density at radius 2 is 2.12 bits per heavy atom. The van der Waals surface area contributed by atoms with Crippen LogP contribution in [0.1, 0.15) is 48.7 Å². The van der Waals surface area contributed by atoms with Crippen molar-refractivity contribution in [2.45, 2.75) is 45.1 Å². The van der Waals surface area contributed by atoms with E-state index in [1.54, 1.807) is 12.1 Å². The summed E-state index contributed by atoms with van der Waals surface area (Å²) in [6, 6.07) is 3.83. The van der Waals surface area contributed by atoms with Crippen LogP contribution in [-0.2, 0) is 0 Å². The van der Waals surface area contributed by atoms with E-state index in [9.17, 15) is 4.79 Å². The second kappa shape index (κ2) is 5.87. The van der Waals surface area contributed by atoms with E-state index in [4.69, 9.17) is 11.6 Å². The van der Waals surface area contributed by atoms with Crippen LogP contribution < -0.4 is 5.32 Å². The topological polar surface area (TPSA) is 29.1 Å². The number of hydrogen-bond donors (Lipinski definition) is 1. The number of rotatable bonds is 3. The van der Waals surface area contributed by atoms with E-state index < -0.39 is 0 Å². The van der Waals surface area contributed by atoms with E-state index in [0.717, 1.165) is 0 Å². The number of hydrogen-bond acceptors (Lipinski definition) is 2. The molecule has 0 radical (unpaired) electrons. The first-order chi connectivity index (χ1) is 8.16. The lowest BCUT2D eigenvalue weighted by Gasteiger charge is -2.28. The van der Waals surface area contributed by atoms with E-state index >= 15 is 0 Å². The lowest BCUT2D eigenvalue weighted by Crippen LogP contribution is -2.38. The van der Waals surface area contributed by atoms with E-state index in [1.807, 2.05) is 0 Å². The van der Waals surface area contributed by atoms with Crippen LogP contribution in [0, 0.1) is 5.92 Å². The Morgan fingerprint density at radius 3 is 2.71 bits per heavy atom. The molecule has 1 N–H and O–H groups in total. The van der Waals surface area contributed by atoms with Crippen molar-refractivity contribution in [1.82, 2.24) is 5.32 Å². The molecule has 1 amide bonds. The Bertz CT molecular complexity index is 385. The van der Waals surface area contributed by atoms with Crippen molar-refractivity contribution in [1.29, 1.82) is 0 Å². The van der Waals surface area contributed by atoms with Gasteiger partial charge in [0.15, 0.2) is 0 Å². The van der Waals surface area contributed by atoms with E-state index in [1.165, 1.54) is 43.4 Å². The van der Waals surface area contributed by atoms with Gasteiger partial charge in [-0.05, 0) is 37.8 Å². The fourth-order valence-electron chi connectivity index (χ4n) is 2.47. The smallest absolute Gasteiger partial charge is 0.261 e. The standard InChI is InChI=1S/C13H18ClNOS/c1-9(10-5-3-2-4-6-10)15-13(16)11-7-8-12(14)17-11/h7-10H,2-6H2,1H3,(H,15,16). The number of carbonyl (C=O) groups excluding carboxylic acids is 1. The minimum absolute atomic E-state index is 0.0139. The molecule has 94 valence electrons. The monoisotopic (exact) mass is 271 g/mol. The first-order valence-corrected chi connectivity index (χ1v) is 7.42. The first kappa shape index (κ1) is 12.9. The van der Waals surface area contributed by atoms with Gasteiger partial charge in [0, 0.05) is 6.04 Å². The fourth-order valence-corrected chi connectivity index (χ4v) is 3.41. The van der Waals surface area contributed by atoms with Crippen LogP contribution in [0.3, 0.4) is 0 Å². The van der Waals surface area contributed by atoms with Crippen LogP contribution in [0.25, 0.3) is 0 Å². The highest BCUT2D eigenvalue weighted by Crippen LogP contribution is 2.27. The largest absolute Gasteiger partial charge is 0.349 e. The average molecular weight is 272 g/mol. The van der Waals surface area contributed by atoms with Crippen molar-refractivity contribution in [3.63, 3.8) is 0 Å². The molecule has 4 heteroatoms. The summed E-state index contributed by atoms with van der Waals surface area (Å²) in [6.07, 6.45) is 6.43. The van der Waals surface area contributed by atoms with Gasteiger partial charge in [-0.1, -0.05) is 30.9 Å². The molecule has 0 bridgehead atoms. The van der Waals surface area contributed by atoms with Gasteiger partial charge in [0.25, 0.3) is 5.91 Å². The maximum absolute atomic E-state index is 12.0. The van der Waals surface area contributed by atoms with Gasteiger partial charge in [-0.15, -0.1) is 11.3 Å². The van der Waals surface area contributed by atoms with Crippen LogP contribution in [0.4, 0.5) is 0 Å². The third kappa shape index (κ3) is 3.46. The number of thiophene rings is 1. The minimum Gasteiger partial charge on any atom is -0.349 e. The Morgan fingerprint density at radius 1 is 1.41 bits per heavy atom. The predicted molar refractivity (Wildman–Crippen MR) is 72.8 cm³/mol. The minimum atomic E-state index is 0.0139. The quantitative estimate of drug-likeness (QED) is 0.881. The molecular weight excluding hydrogens is 254 g/mol. The molecule has 1 heterocycles. The Labute approximate surface area is 111 Å². The van der Waals surface area contributed by atoms with Gasteiger partial charge in [-0.3, -0.25) is 4.79 Å². The molecule has 0 aromatic carbocycles. The van der Waals surface area contributed by atoms with Crippen LogP contribution in [0.15, 0.2) is 12.1 Å². The number of halogens is 1. The average Bonchev–Trinajstić information content (AvgIpc) is 2.77. The van der Waals surface area contributed by atoms with Gasteiger partial charge < -0.3 is 5.32 Å². The molecule has 1 atom stereocenters. The molecule has 0 saturated heterocycles.